The van der Waals surface area contributed by atoms with E-state index in [2.05, 4.69) is 15.5 Å². The maximum Gasteiger partial charge on any atom is 0.418 e. The summed E-state index contributed by atoms with van der Waals surface area (Å²) in [5, 5.41) is 6.50. The molecular weight excluding hydrogens is 453 g/mol. The molecular formula is C23H19F3N4O4. The van der Waals surface area contributed by atoms with Gasteiger partial charge in [0.1, 0.15) is 12.2 Å². The highest BCUT2D eigenvalue weighted by Gasteiger charge is 2.34. The van der Waals surface area contributed by atoms with Crippen LogP contribution < -0.4 is 5.32 Å². The molecule has 1 aromatic carbocycles. The summed E-state index contributed by atoms with van der Waals surface area (Å²) in [4.78, 5) is 31.6. The van der Waals surface area contributed by atoms with Crippen molar-refractivity contribution in [2.75, 3.05) is 18.4 Å². The molecule has 0 saturated heterocycles. The zero-order chi connectivity index (χ0) is 24.5. The van der Waals surface area contributed by atoms with Crippen molar-refractivity contribution >= 4 is 28.6 Å². The fourth-order valence-electron chi connectivity index (χ4n) is 3.51. The zero-order valence-corrected chi connectivity index (χ0v) is 18.1. The van der Waals surface area contributed by atoms with E-state index in [1.165, 1.54) is 29.4 Å². The van der Waals surface area contributed by atoms with E-state index >= 15 is 0 Å². The maximum absolute atomic E-state index is 13.4. The first-order chi connectivity index (χ1) is 16.2. The lowest BCUT2D eigenvalue weighted by Crippen LogP contribution is -2.38. The Bertz CT molecular complexity index is 1350. The quantitative estimate of drug-likeness (QED) is 0.428. The van der Waals surface area contributed by atoms with Crippen molar-refractivity contribution < 1.29 is 31.7 Å². The van der Waals surface area contributed by atoms with Crippen LogP contribution in [0.1, 0.15) is 28.5 Å². The van der Waals surface area contributed by atoms with E-state index in [9.17, 15) is 22.8 Å². The number of pyridine rings is 1. The number of fused-ring (bicyclic) bond motifs is 1. The normalized spacial score (nSPS) is 11.6. The monoisotopic (exact) mass is 472 g/mol. The highest BCUT2D eigenvalue weighted by molar-refractivity contribution is 6.08. The van der Waals surface area contributed by atoms with Crippen LogP contribution in [0.25, 0.3) is 22.6 Å². The van der Waals surface area contributed by atoms with Crippen LogP contribution in [-0.2, 0) is 11.0 Å². The number of para-hydroxylation sites is 1. The number of alkyl halides is 3. The van der Waals surface area contributed by atoms with Gasteiger partial charge >= 0.3 is 6.18 Å². The van der Waals surface area contributed by atoms with Gasteiger partial charge in [-0.1, -0.05) is 17.3 Å². The molecule has 8 nitrogen and oxygen atoms in total. The Hall–Kier alpha value is -4.15. The number of furan rings is 1. The number of nitrogens with zero attached hydrogens (tertiary/aromatic N) is 3. The molecule has 2 amide bonds. The number of halogens is 3. The van der Waals surface area contributed by atoms with Gasteiger partial charge in [-0.3, -0.25) is 9.59 Å². The molecule has 3 heterocycles. The summed E-state index contributed by atoms with van der Waals surface area (Å²) in [5.74, 6) is -0.909. The second kappa shape index (κ2) is 9.00. The fraction of sp³-hybridized carbons (Fsp3) is 0.217. The van der Waals surface area contributed by atoms with Gasteiger partial charge in [-0.05, 0) is 44.2 Å². The molecule has 0 aliphatic carbocycles. The molecule has 0 atom stereocenters. The molecule has 3 aromatic heterocycles. The Labute approximate surface area is 191 Å². The second-order valence-electron chi connectivity index (χ2n) is 7.39. The SMILES string of the molecule is CCN(CC(=O)Nc1ccccc1C(F)(F)F)C(=O)c1cc(-c2ccco2)nc2onc(C)c12. The number of anilines is 1. The number of carbonyl (C=O) groups is 2. The number of amides is 2. The number of aromatic nitrogens is 2. The summed E-state index contributed by atoms with van der Waals surface area (Å²) in [6.45, 7) is 2.96. The van der Waals surface area contributed by atoms with Gasteiger partial charge < -0.3 is 19.2 Å². The summed E-state index contributed by atoms with van der Waals surface area (Å²) in [6, 6.07) is 9.47. The topological polar surface area (TPSA) is 101 Å². The molecule has 1 N–H and O–H groups in total. The van der Waals surface area contributed by atoms with Crippen molar-refractivity contribution in [1.29, 1.82) is 0 Å². The Balaban J connectivity index is 1.63. The third-order valence-electron chi connectivity index (χ3n) is 5.13. The van der Waals surface area contributed by atoms with Crippen LogP contribution in [0.15, 0.2) is 57.7 Å². The fourth-order valence-corrected chi connectivity index (χ4v) is 3.51. The number of nitrogens with one attached hydrogen (secondary N) is 1. The lowest BCUT2D eigenvalue weighted by Gasteiger charge is -2.21. The minimum absolute atomic E-state index is 0.120. The van der Waals surface area contributed by atoms with Crippen molar-refractivity contribution in [3.8, 4) is 11.5 Å². The molecule has 34 heavy (non-hydrogen) atoms. The van der Waals surface area contributed by atoms with E-state index in [0.29, 0.717) is 22.5 Å². The molecule has 11 heteroatoms. The largest absolute Gasteiger partial charge is 0.463 e. The van der Waals surface area contributed by atoms with Gasteiger partial charge in [0.2, 0.25) is 5.91 Å². The lowest BCUT2D eigenvalue weighted by atomic mass is 10.1. The van der Waals surface area contributed by atoms with E-state index in [1.807, 2.05) is 0 Å². The molecule has 0 bridgehead atoms. The van der Waals surface area contributed by atoms with Crippen molar-refractivity contribution in [2.24, 2.45) is 0 Å². The van der Waals surface area contributed by atoms with E-state index in [4.69, 9.17) is 8.94 Å². The minimum atomic E-state index is -4.64. The van der Waals surface area contributed by atoms with Gasteiger partial charge in [0, 0.05) is 6.54 Å². The molecule has 0 radical (unpaired) electrons. The van der Waals surface area contributed by atoms with E-state index in [0.717, 1.165) is 12.1 Å². The number of benzene rings is 1. The lowest BCUT2D eigenvalue weighted by molar-refractivity contribution is -0.137. The van der Waals surface area contributed by atoms with E-state index in [1.54, 1.807) is 26.0 Å². The summed E-state index contributed by atoms with van der Waals surface area (Å²) in [7, 11) is 0. The number of hydrogen-bond donors (Lipinski definition) is 1. The number of likely N-dealkylation sites (N-methyl/N-ethyl adjacent to an activating group) is 1. The molecule has 0 aliphatic heterocycles. The van der Waals surface area contributed by atoms with Crippen molar-refractivity contribution in [3.63, 3.8) is 0 Å². The standard InChI is InChI=1S/C23H19F3N4O4/c1-3-30(12-19(31)27-16-8-5-4-7-15(16)23(24,25)26)22(32)14-11-17(18-9-6-10-33-18)28-21-20(14)13(2)29-34-21/h4-11H,3,12H2,1-2H3,(H,27,31). The molecule has 4 rings (SSSR count). The third-order valence-corrected chi connectivity index (χ3v) is 5.13. The van der Waals surface area contributed by atoms with Crippen molar-refractivity contribution in [1.82, 2.24) is 15.0 Å². The van der Waals surface area contributed by atoms with Crippen LogP contribution in [0, 0.1) is 6.92 Å². The van der Waals surface area contributed by atoms with Gasteiger partial charge in [-0.25, -0.2) is 4.98 Å². The Morgan fingerprint density at radius 1 is 1.15 bits per heavy atom. The summed E-state index contributed by atoms with van der Waals surface area (Å²) in [5.41, 5.74) is -0.301. The summed E-state index contributed by atoms with van der Waals surface area (Å²) in [6.07, 6.45) is -3.18. The highest BCUT2D eigenvalue weighted by Crippen LogP contribution is 2.34. The van der Waals surface area contributed by atoms with Gasteiger partial charge in [-0.2, -0.15) is 13.2 Å². The van der Waals surface area contributed by atoms with Crippen LogP contribution in [0.3, 0.4) is 0 Å². The van der Waals surface area contributed by atoms with Crippen LogP contribution in [0.5, 0.6) is 0 Å². The number of carbonyl (C=O) groups excluding carboxylic acids is 2. The smallest absolute Gasteiger partial charge is 0.418 e. The first-order valence-electron chi connectivity index (χ1n) is 10.2. The predicted molar refractivity (Wildman–Crippen MR) is 116 cm³/mol. The average molecular weight is 472 g/mol. The van der Waals surface area contributed by atoms with E-state index in [-0.39, 0.29) is 23.5 Å². The van der Waals surface area contributed by atoms with Gasteiger partial charge in [-0.15, -0.1) is 0 Å². The molecule has 0 aliphatic rings. The molecule has 0 spiro atoms. The van der Waals surface area contributed by atoms with Crippen LogP contribution in [-0.4, -0.2) is 39.9 Å². The average Bonchev–Trinajstić information content (AvgIpc) is 3.46. The predicted octanol–water partition coefficient (Wildman–Crippen LogP) is 4.91. The van der Waals surface area contributed by atoms with Crippen molar-refractivity contribution in [2.45, 2.75) is 20.0 Å². The van der Waals surface area contributed by atoms with Crippen LogP contribution in [0.4, 0.5) is 18.9 Å². The Morgan fingerprint density at radius 3 is 2.59 bits per heavy atom. The van der Waals surface area contributed by atoms with Gasteiger partial charge in [0.05, 0.1) is 34.2 Å². The highest BCUT2D eigenvalue weighted by atomic mass is 19.4. The number of aryl methyl sites for hydroxylation is 1. The summed E-state index contributed by atoms with van der Waals surface area (Å²) < 4.78 is 50.3. The van der Waals surface area contributed by atoms with Gasteiger partial charge in [0.25, 0.3) is 11.6 Å². The first kappa shape index (κ1) is 23.0. The Kier molecular flexibility index (Phi) is 6.10. The number of rotatable bonds is 6. The molecule has 0 fully saturated rings. The van der Waals surface area contributed by atoms with Crippen molar-refractivity contribution in [3.05, 3.63) is 65.5 Å². The molecule has 0 saturated carbocycles. The van der Waals surface area contributed by atoms with E-state index < -0.39 is 30.1 Å². The second-order valence-corrected chi connectivity index (χ2v) is 7.39. The maximum atomic E-state index is 13.4. The zero-order valence-electron chi connectivity index (χ0n) is 18.1. The third kappa shape index (κ3) is 4.49. The van der Waals surface area contributed by atoms with Gasteiger partial charge in [0.15, 0.2) is 5.76 Å². The van der Waals surface area contributed by atoms with Crippen LogP contribution in [0.2, 0.25) is 0 Å². The van der Waals surface area contributed by atoms with Crippen LogP contribution >= 0.6 is 0 Å². The molecule has 176 valence electrons. The minimum Gasteiger partial charge on any atom is -0.463 e. The Morgan fingerprint density at radius 2 is 1.91 bits per heavy atom. The molecule has 4 aromatic rings. The first-order valence-corrected chi connectivity index (χ1v) is 10.2. The molecule has 0 unspecified atom stereocenters. The number of hydrogen-bond acceptors (Lipinski definition) is 6. The summed E-state index contributed by atoms with van der Waals surface area (Å²) >= 11 is 0.